The van der Waals surface area contributed by atoms with Gasteiger partial charge in [-0.2, -0.15) is 5.10 Å². The highest BCUT2D eigenvalue weighted by Gasteiger charge is 2.06. The Labute approximate surface area is 159 Å². The number of benzene rings is 2. The zero-order valence-electron chi connectivity index (χ0n) is 15.4. The van der Waals surface area contributed by atoms with E-state index in [2.05, 4.69) is 75.4 Å². The van der Waals surface area contributed by atoms with Gasteiger partial charge in [0.05, 0.1) is 12.0 Å². The van der Waals surface area contributed by atoms with Gasteiger partial charge in [-0.1, -0.05) is 36.4 Å². The lowest BCUT2D eigenvalue weighted by Crippen LogP contribution is -2.18. The van der Waals surface area contributed by atoms with E-state index in [1.54, 1.807) is 6.20 Å². The molecule has 0 aliphatic heterocycles. The van der Waals surface area contributed by atoms with Crippen LogP contribution >= 0.6 is 0 Å². The normalized spacial score (nSPS) is 12.2. The molecular formula is C22H23N5. The van der Waals surface area contributed by atoms with Gasteiger partial charge in [-0.25, -0.2) is 9.67 Å². The predicted molar refractivity (Wildman–Crippen MR) is 107 cm³/mol. The van der Waals surface area contributed by atoms with E-state index in [1.807, 2.05) is 35.7 Å². The van der Waals surface area contributed by atoms with Gasteiger partial charge in [0.2, 0.25) is 0 Å². The maximum atomic E-state index is 4.27. The van der Waals surface area contributed by atoms with Crippen molar-refractivity contribution in [3.63, 3.8) is 0 Å². The Bertz CT molecular complexity index is 956. The number of hydrogen-bond acceptors (Lipinski definition) is 3. The average Bonchev–Trinajstić information content (AvgIpc) is 3.41. The molecule has 4 aromatic rings. The van der Waals surface area contributed by atoms with Gasteiger partial charge in [0.25, 0.3) is 0 Å². The van der Waals surface area contributed by atoms with Crippen molar-refractivity contribution in [2.75, 3.05) is 0 Å². The van der Waals surface area contributed by atoms with Crippen LogP contribution in [0.2, 0.25) is 0 Å². The fraction of sp³-hybridized carbons (Fsp3) is 0.182. The molecule has 0 saturated heterocycles. The monoisotopic (exact) mass is 357 g/mol. The first-order valence-electron chi connectivity index (χ1n) is 9.15. The van der Waals surface area contributed by atoms with Crippen molar-refractivity contribution in [3.05, 3.63) is 102 Å². The van der Waals surface area contributed by atoms with Crippen molar-refractivity contribution >= 4 is 0 Å². The van der Waals surface area contributed by atoms with Crippen molar-refractivity contribution in [2.24, 2.45) is 0 Å². The van der Waals surface area contributed by atoms with Crippen LogP contribution in [0.25, 0.3) is 5.69 Å². The second-order valence-electron chi connectivity index (χ2n) is 6.70. The van der Waals surface area contributed by atoms with Crippen LogP contribution in [0.1, 0.15) is 29.7 Å². The summed E-state index contributed by atoms with van der Waals surface area (Å²) in [7, 11) is 0. The number of nitrogens with zero attached hydrogens (tertiary/aromatic N) is 4. The molecule has 0 amide bonds. The lowest BCUT2D eigenvalue weighted by Gasteiger charge is -2.15. The largest absolute Gasteiger partial charge is 0.333 e. The summed E-state index contributed by atoms with van der Waals surface area (Å²) in [5, 5.41) is 7.88. The van der Waals surface area contributed by atoms with E-state index in [9.17, 15) is 0 Å². The van der Waals surface area contributed by atoms with Crippen LogP contribution in [-0.4, -0.2) is 19.3 Å². The van der Waals surface area contributed by atoms with Crippen LogP contribution in [0, 0.1) is 0 Å². The highest BCUT2D eigenvalue weighted by atomic mass is 15.3. The molecule has 0 fully saturated rings. The van der Waals surface area contributed by atoms with Crippen molar-refractivity contribution < 1.29 is 0 Å². The first kappa shape index (κ1) is 17.2. The third-order valence-corrected chi connectivity index (χ3v) is 4.69. The predicted octanol–water partition coefficient (Wildman–Crippen LogP) is 3.97. The number of nitrogens with one attached hydrogen (secondary N) is 1. The van der Waals surface area contributed by atoms with Gasteiger partial charge < -0.3 is 9.88 Å². The smallest absolute Gasteiger partial charge is 0.0949 e. The Hall–Kier alpha value is -3.18. The van der Waals surface area contributed by atoms with E-state index >= 15 is 0 Å². The van der Waals surface area contributed by atoms with Gasteiger partial charge in [-0.15, -0.1) is 0 Å². The van der Waals surface area contributed by atoms with Gasteiger partial charge in [0.1, 0.15) is 0 Å². The maximum Gasteiger partial charge on any atom is 0.0949 e. The van der Waals surface area contributed by atoms with E-state index in [4.69, 9.17) is 0 Å². The highest BCUT2D eigenvalue weighted by Crippen LogP contribution is 2.16. The molecule has 1 unspecified atom stereocenters. The Morgan fingerprint density at radius 1 is 0.963 bits per heavy atom. The third-order valence-electron chi connectivity index (χ3n) is 4.69. The molecule has 5 heteroatoms. The zero-order valence-corrected chi connectivity index (χ0v) is 15.4. The quantitative estimate of drug-likeness (QED) is 0.544. The summed E-state index contributed by atoms with van der Waals surface area (Å²) < 4.78 is 3.95. The van der Waals surface area contributed by atoms with E-state index in [0.717, 1.165) is 18.8 Å². The maximum absolute atomic E-state index is 4.27. The Kier molecular flexibility index (Phi) is 5.12. The second-order valence-corrected chi connectivity index (χ2v) is 6.70. The molecule has 0 aliphatic carbocycles. The summed E-state index contributed by atoms with van der Waals surface area (Å²) >= 11 is 0. The molecule has 0 spiro atoms. The highest BCUT2D eigenvalue weighted by molar-refractivity contribution is 5.35. The van der Waals surface area contributed by atoms with Crippen LogP contribution < -0.4 is 5.32 Å². The minimum atomic E-state index is 0.272. The summed E-state index contributed by atoms with van der Waals surface area (Å²) in [6.45, 7) is 3.87. The molecule has 0 aliphatic rings. The topological polar surface area (TPSA) is 47.7 Å². The second kappa shape index (κ2) is 8.01. The van der Waals surface area contributed by atoms with Crippen LogP contribution in [0.3, 0.4) is 0 Å². The van der Waals surface area contributed by atoms with Crippen molar-refractivity contribution in [1.82, 2.24) is 24.6 Å². The Morgan fingerprint density at radius 2 is 1.81 bits per heavy atom. The third kappa shape index (κ3) is 4.33. The van der Waals surface area contributed by atoms with E-state index in [1.165, 1.54) is 16.7 Å². The molecule has 2 aromatic carbocycles. The molecule has 2 heterocycles. The molecule has 0 saturated carbocycles. The van der Waals surface area contributed by atoms with E-state index in [0.29, 0.717) is 0 Å². The number of imidazole rings is 1. The van der Waals surface area contributed by atoms with E-state index in [-0.39, 0.29) is 6.04 Å². The summed E-state index contributed by atoms with van der Waals surface area (Å²) in [6.07, 6.45) is 9.39. The molecular weight excluding hydrogens is 334 g/mol. The molecule has 0 radical (unpaired) electrons. The number of rotatable bonds is 7. The molecule has 4 rings (SSSR count). The molecule has 136 valence electrons. The molecule has 1 N–H and O–H groups in total. The fourth-order valence-corrected chi connectivity index (χ4v) is 3.16. The lowest BCUT2D eigenvalue weighted by atomic mass is 10.1. The Morgan fingerprint density at radius 3 is 2.56 bits per heavy atom. The van der Waals surface area contributed by atoms with Gasteiger partial charge >= 0.3 is 0 Å². The fourth-order valence-electron chi connectivity index (χ4n) is 3.16. The molecule has 1 atom stereocenters. The van der Waals surface area contributed by atoms with Crippen molar-refractivity contribution in [2.45, 2.75) is 26.1 Å². The number of aromatic nitrogens is 4. The molecule has 0 bridgehead atoms. The van der Waals surface area contributed by atoms with Crippen LogP contribution in [-0.2, 0) is 13.1 Å². The van der Waals surface area contributed by atoms with Gasteiger partial charge in [-0.3, -0.25) is 0 Å². The van der Waals surface area contributed by atoms with Crippen molar-refractivity contribution in [1.29, 1.82) is 0 Å². The van der Waals surface area contributed by atoms with Crippen LogP contribution in [0.4, 0.5) is 0 Å². The first-order chi connectivity index (χ1) is 13.3. The lowest BCUT2D eigenvalue weighted by molar-refractivity contribution is 0.574. The van der Waals surface area contributed by atoms with E-state index < -0.39 is 0 Å². The molecule has 2 aromatic heterocycles. The van der Waals surface area contributed by atoms with Gasteiger partial charge in [0, 0.05) is 43.9 Å². The summed E-state index contributed by atoms with van der Waals surface area (Å²) in [5.41, 5.74) is 4.90. The summed E-state index contributed by atoms with van der Waals surface area (Å²) in [6, 6.07) is 19.4. The molecule has 5 nitrogen and oxygen atoms in total. The zero-order chi connectivity index (χ0) is 18.5. The number of hydrogen-bond donors (Lipinski definition) is 1. The van der Waals surface area contributed by atoms with Gasteiger partial charge in [-0.05, 0) is 41.8 Å². The van der Waals surface area contributed by atoms with Crippen LogP contribution in [0.15, 0.2) is 85.7 Å². The van der Waals surface area contributed by atoms with Gasteiger partial charge in [0.15, 0.2) is 0 Å². The average molecular weight is 357 g/mol. The molecule has 27 heavy (non-hydrogen) atoms. The SMILES string of the molecule is CC(NCc1cccc(Cn2ccnc2)c1)c1ccc(-n2cccn2)cc1. The summed E-state index contributed by atoms with van der Waals surface area (Å²) in [4.78, 5) is 4.10. The standard InChI is InChI=1S/C22H23N5/c1-18(21-6-8-22(9-7-21)27-12-3-10-25-27)24-15-19-4-2-5-20(14-19)16-26-13-11-23-17-26/h2-14,17-18,24H,15-16H2,1H3. The minimum Gasteiger partial charge on any atom is -0.333 e. The van der Waals surface area contributed by atoms with Crippen molar-refractivity contribution in [3.8, 4) is 5.69 Å². The minimum absolute atomic E-state index is 0.272. The Balaban J connectivity index is 1.37. The van der Waals surface area contributed by atoms with Crippen LogP contribution in [0.5, 0.6) is 0 Å². The summed E-state index contributed by atoms with van der Waals surface area (Å²) in [5.74, 6) is 0. The first-order valence-corrected chi connectivity index (χ1v) is 9.15.